The number of aryl methyl sites for hydroxylation is 2. The van der Waals surface area contributed by atoms with E-state index < -0.39 is 197 Å². The highest BCUT2D eigenvalue weighted by Gasteiger charge is 2.51. The maximum Gasteiger partial charge on any atom is 0.573 e. The molecule has 2 heterocycles. The van der Waals surface area contributed by atoms with Gasteiger partial charge in [-0.3, -0.25) is 57.5 Å². The Hall–Kier alpha value is -9.03. The summed E-state index contributed by atoms with van der Waals surface area (Å²) in [6.07, 6.45) is -10.5. The van der Waals surface area contributed by atoms with E-state index in [1.165, 1.54) is 94.3 Å². The molecule has 2 saturated heterocycles. The van der Waals surface area contributed by atoms with Gasteiger partial charge < -0.3 is 64.8 Å². The lowest BCUT2D eigenvalue weighted by atomic mass is 9.90. The minimum atomic E-state index is -5.10. The van der Waals surface area contributed by atoms with E-state index in [1.807, 2.05) is 6.92 Å². The minimum Gasteiger partial charge on any atom is -0.406 e. The maximum atomic E-state index is 15.6. The lowest BCUT2D eigenvalue weighted by Gasteiger charge is -2.45. The van der Waals surface area contributed by atoms with Crippen molar-refractivity contribution in [2.45, 2.75) is 198 Å². The second kappa shape index (κ2) is 36.0. The summed E-state index contributed by atoms with van der Waals surface area (Å²) >= 11 is 6.16. The third kappa shape index (κ3) is 20.8. The van der Waals surface area contributed by atoms with Crippen LogP contribution in [-0.2, 0) is 83.0 Å². The molecule has 3 aromatic carbocycles. The summed E-state index contributed by atoms with van der Waals surface area (Å²) in [6, 6.07) is 1.55. The van der Waals surface area contributed by atoms with Crippen LogP contribution in [0.3, 0.4) is 0 Å². The third-order valence-electron chi connectivity index (χ3n) is 21.1. The monoisotopic (exact) mass is 1510 g/mol. The first-order chi connectivity index (χ1) is 49.4. The molecule has 11 atom stereocenters. The molecule has 3 aromatic rings. The number of ether oxygens (including phenoxy) is 1. The average Bonchev–Trinajstić information content (AvgIpc) is 1.72. The molecular weight excluding hydrogens is 1410 g/mol. The third-order valence-corrected chi connectivity index (χ3v) is 21.4. The van der Waals surface area contributed by atoms with E-state index in [2.05, 4.69) is 20.7 Å². The molecule has 25 nitrogen and oxygen atoms in total. The topological polar surface area (TPSA) is 279 Å². The standard InChI is InChI=1S/C74H101ClF6N12O13/c1-17-43(4)60-69(103)88(12)46(7)64(98)93-36-33-54(93)68(102)90(14)56(39-48-23-21-42(3)22-24-48)67(101)86(10)41-58(94)82-53(32-28-47-27-31-51(52(75)37-47)73(76,77)78)65(99)89(13)55(38-49-25-29-50(30-26-49)106-74(79,80)81)63(97)84-72(34-19-20-35-72)71(105)92(16)61(44(5)18-2)70(104)91(15)57(66(100)85(8)9)40-59(95)87(11)45(6)62(96)83-60/h21-27,29-31,37,43-46,53-57,60-61H,17-20,28,32-36,38-41H2,1-16H3,(H,82,94)(H,83,96)(H,84,97)/t43-,44-,45-,46+,53-,54-,55-,56-,57-,60-,61-/m0/s1. The summed E-state index contributed by atoms with van der Waals surface area (Å²) in [4.78, 5) is 189. The Kier molecular flexibility index (Phi) is 29.2. The van der Waals surface area contributed by atoms with E-state index in [0.717, 1.165) is 75.1 Å². The predicted octanol–water partition coefficient (Wildman–Crippen LogP) is 6.03. The Bertz CT molecular complexity index is 3710. The predicted molar refractivity (Wildman–Crippen MR) is 380 cm³/mol. The van der Waals surface area contributed by atoms with Crippen LogP contribution in [0.25, 0.3) is 0 Å². The van der Waals surface area contributed by atoms with E-state index >= 15 is 24.0 Å². The van der Waals surface area contributed by atoms with Gasteiger partial charge in [0.15, 0.2) is 0 Å². The van der Waals surface area contributed by atoms with Crippen molar-refractivity contribution in [3.8, 4) is 5.75 Å². The Morgan fingerprint density at radius 1 is 0.642 bits per heavy atom. The zero-order chi connectivity index (χ0) is 79.5. The van der Waals surface area contributed by atoms with Crippen molar-refractivity contribution in [3.63, 3.8) is 0 Å². The fourth-order valence-electron chi connectivity index (χ4n) is 13.5. The van der Waals surface area contributed by atoms with E-state index in [1.54, 1.807) is 52.0 Å². The molecule has 2 aliphatic heterocycles. The van der Waals surface area contributed by atoms with E-state index in [4.69, 9.17) is 11.6 Å². The molecule has 3 fully saturated rings. The first kappa shape index (κ1) is 85.9. The largest absolute Gasteiger partial charge is 0.573 e. The number of fused-ring (bicyclic) bond motifs is 1. The van der Waals surface area contributed by atoms with E-state index in [0.29, 0.717) is 24.8 Å². The number of likely N-dealkylation sites (N-methyl/N-ethyl adjacent to an activating group) is 8. The zero-order valence-corrected chi connectivity index (χ0v) is 63.8. The van der Waals surface area contributed by atoms with Crippen LogP contribution in [0.5, 0.6) is 5.75 Å². The summed E-state index contributed by atoms with van der Waals surface area (Å²) in [6.45, 7) is 10.9. The number of amides is 12. The van der Waals surface area contributed by atoms with E-state index in [-0.39, 0.29) is 56.2 Å². The molecular formula is C74H101ClF6N12O13. The highest BCUT2D eigenvalue weighted by Crippen LogP contribution is 2.37. The van der Waals surface area contributed by atoms with Gasteiger partial charge in [-0.1, -0.05) is 113 Å². The molecule has 6 rings (SSSR count). The molecule has 1 spiro atoms. The van der Waals surface area contributed by atoms with Gasteiger partial charge in [0.25, 0.3) is 0 Å². The Morgan fingerprint density at radius 3 is 1.73 bits per heavy atom. The number of nitrogens with one attached hydrogen (secondary N) is 3. The van der Waals surface area contributed by atoms with Crippen molar-refractivity contribution >= 4 is 82.5 Å². The summed E-state index contributed by atoms with van der Waals surface area (Å²) < 4.78 is 86.4. The van der Waals surface area contributed by atoms with Gasteiger partial charge in [-0.2, -0.15) is 13.2 Å². The molecule has 3 aliphatic rings. The van der Waals surface area contributed by atoms with Gasteiger partial charge in [0.05, 0.1) is 23.6 Å². The Morgan fingerprint density at radius 2 is 1.20 bits per heavy atom. The van der Waals surface area contributed by atoms with Crippen LogP contribution >= 0.6 is 11.6 Å². The van der Waals surface area contributed by atoms with Gasteiger partial charge in [-0.05, 0) is 106 Å². The van der Waals surface area contributed by atoms with Gasteiger partial charge in [-0.25, -0.2) is 0 Å². The summed E-state index contributed by atoms with van der Waals surface area (Å²) in [5, 5.41) is 7.63. The van der Waals surface area contributed by atoms with Crippen molar-refractivity contribution in [1.29, 1.82) is 0 Å². The number of alkyl halides is 6. The highest BCUT2D eigenvalue weighted by molar-refractivity contribution is 6.31. The van der Waals surface area contributed by atoms with Crippen LogP contribution in [0.15, 0.2) is 66.7 Å². The van der Waals surface area contributed by atoms with Crippen LogP contribution in [0.1, 0.15) is 127 Å². The van der Waals surface area contributed by atoms with Crippen molar-refractivity contribution in [2.75, 3.05) is 76.5 Å². The molecule has 1 saturated carbocycles. The minimum absolute atomic E-state index is 0.0292. The quantitative estimate of drug-likeness (QED) is 0.165. The number of nitrogens with zero attached hydrogens (tertiary/aromatic N) is 9. The highest BCUT2D eigenvalue weighted by atomic mass is 35.5. The first-order valence-electron chi connectivity index (χ1n) is 35.4. The summed E-state index contributed by atoms with van der Waals surface area (Å²) in [5.41, 5.74) is -1.23. The molecule has 1 aliphatic carbocycles. The van der Waals surface area contributed by atoms with Gasteiger partial charge in [0, 0.05) is 82.8 Å². The molecule has 12 amide bonds. The summed E-state index contributed by atoms with van der Waals surface area (Å²) in [5.74, 6) is -11.6. The average molecular weight is 1520 g/mol. The van der Waals surface area contributed by atoms with Crippen LogP contribution in [0, 0.1) is 18.8 Å². The van der Waals surface area contributed by atoms with Gasteiger partial charge in [0.2, 0.25) is 70.9 Å². The number of hydrogen-bond acceptors (Lipinski definition) is 13. The second-order valence-corrected chi connectivity index (χ2v) is 29.0. The second-order valence-electron chi connectivity index (χ2n) is 28.6. The molecule has 0 bridgehead atoms. The molecule has 3 N–H and O–H groups in total. The molecule has 106 heavy (non-hydrogen) atoms. The van der Waals surface area contributed by atoms with Crippen molar-refractivity contribution in [1.82, 2.24) is 60.0 Å². The number of carbonyl (C=O) groups excluding carboxylic acids is 12. The maximum absolute atomic E-state index is 15.6. The lowest BCUT2D eigenvalue weighted by molar-refractivity contribution is -0.274. The van der Waals surface area contributed by atoms with Crippen LogP contribution in [0.2, 0.25) is 5.02 Å². The molecule has 584 valence electrons. The molecule has 32 heteroatoms. The van der Waals surface area contributed by atoms with Crippen LogP contribution in [0.4, 0.5) is 26.3 Å². The molecule has 0 aromatic heterocycles. The fraction of sp³-hybridized carbons (Fsp3) is 0.595. The fourth-order valence-corrected chi connectivity index (χ4v) is 13.8. The van der Waals surface area contributed by atoms with E-state index in [9.17, 15) is 59.9 Å². The smallest absolute Gasteiger partial charge is 0.406 e. The Balaban J connectivity index is 1.51. The lowest BCUT2D eigenvalue weighted by Crippen LogP contribution is -2.65. The number of hydrogen-bond donors (Lipinski definition) is 3. The zero-order valence-electron chi connectivity index (χ0n) is 63.1. The summed E-state index contributed by atoms with van der Waals surface area (Å²) in [7, 11) is 11.9. The molecule has 0 unspecified atom stereocenters. The Labute approximate surface area is 620 Å². The van der Waals surface area contributed by atoms with Crippen molar-refractivity contribution in [2.24, 2.45) is 11.8 Å². The van der Waals surface area contributed by atoms with Gasteiger partial charge in [-0.15, -0.1) is 13.2 Å². The van der Waals surface area contributed by atoms with Crippen LogP contribution < -0.4 is 20.7 Å². The van der Waals surface area contributed by atoms with Crippen molar-refractivity contribution < 1.29 is 88.6 Å². The van der Waals surface area contributed by atoms with Crippen LogP contribution in [-0.4, -0.2) is 258 Å². The normalized spacial score (nSPS) is 24.7. The number of halogens is 7. The number of benzene rings is 3. The molecule has 0 radical (unpaired) electrons. The first-order valence-corrected chi connectivity index (χ1v) is 35.8. The SMILES string of the molecule is CC[C@H](C)[C@@H]1NC(=O)[C@H](C)N(C)C(=O)C[C@@H](C(=O)N(C)C)N(C)C(=O)[C@H]([C@@H](C)CC)N(C)C(=O)C2(CCCC2)NC(=O)[C@H](Cc2ccc(OC(F)(F)F)cc2)N(C)C(=O)[C@H](CCc2ccc(C(F)(F)F)c(Cl)c2)NC(=O)CN(C)C(=O)[C@H](Cc2ccc(C)cc2)N(C)C(=O)[C@@H]2CCN2C(=O)[C@@H](C)N(C)C1=O. The van der Waals surface area contributed by atoms with Gasteiger partial charge in [0.1, 0.15) is 65.7 Å². The number of rotatable bonds is 13. The van der Waals surface area contributed by atoms with Gasteiger partial charge >= 0.3 is 12.5 Å². The number of carbonyl (C=O) groups is 12. The van der Waals surface area contributed by atoms with Crippen molar-refractivity contribution in [3.05, 3.63) is 99.6 Å².